The Bertz CT molecular complexity index is 572. The van der Waals surface area contributed by atoms with Gasteiger partial charge in [0.25, 0.3) is 5.69 Å². The molecular weight excluding hydrogens is 256 g/mol. The number of rotatable bonds is 6. The van der Waals surface area contributed by atoms with E-state index in [9.17, 15) is 15.2 Å². The quantitative estimate of drug-likeness (QED) is 0.626. The van der Waals surface area contributed by atoms with Crippen LogP contribution in [0.4, 0.5) is 11.4 Å². The SMILES string of the molecule is O=[N+]([O-])c1ccccc1NCC(CO)c1ccccc1. The average Bonchev–Trinajstić information content (AvgIpc) is 2.49. The van der Waals surface area contributed by atoms with E-state index in [1.54, 1.807) is 18.2 Å². The van der Waals surface area contributed by atoms with Crippen LogP contribution in [0.2, 0.25) is 0 Å². The fraction of sp³-hybridized carbons (Fsp3) is 0.200. The number of para-hydroxylation sites is 2. The van der Waals surface area contributed by atoms with Gasteiger partial charge in [0.2, 0.25) is 0 Å². The van der Waals surface area contributed by atoms with Crippen LogP contribution in [0, 0.1) is 10.1 Å². The number of nitrogens with zero attached hydrogens (tertiary/aromatic N) is 1. The molecule has 0 aliphatic heterocycles. The predicted octanol–water partition coefficient (Wildman–Crippen LogP) is 2.78. The van der Waals surface area contributed by atoms with Crippen molar-refractivity contribution in [2.75, 3.05) is 18.5 Å². The number of aliphatic hydroxyl groups excluding tert-OH is 1. The second-order valence-electron chi connectivity index (χ2n) is 4.45. The summed E-state index contributed by atoms with van der Waals surface area (Å²) in [6.07, 6.45) is 0. The summed E-state index contributed by atoms with van der Waals surface area (Å²) in [6, 6.07) is 16.1. The van der Waals surface area contributed by atoms with Crippen LogP contribution in [-0.2, 0) is 0 Å². The molecule has 0 bridgehead atoms. The van der Waals surface area contributed by atoms with Crippen LogP contribution >= 0.6 is 0 Å². The molecule has 0 heterocycles. The van der Waals surface area contributed by atoms with E-state index >= 15 is 0 Å². The topological polar surface area (TPSA) is 75.4 Å². The number of anilines is 1. The molecule has 0 aliphatic rings. The summed E-state index contributed by atoms with van der Waals surface area (Å²) in [6.45, 7) is 0.420. The van der Waals surface area contributed by atoms with Gasteiger partial charge in [-0.05, 0) is 11.6 Å². The molecule has 0 fully saturated rings. The zero-order valence-electron chi connectivity index (χ0n) is 10.9. The van der Waals surface area contributed by atoms with Crippen LogP contribution in [0.3, 0.4) is 0 Å². The van der Waals surface area contributed by atoms with Gasteiger partial charge in [-0.1, -0.05) is 42.5 Å². The minimum atomic E-state index is -0.418. The van der Waals surface area contributed by atoms with Crippen molar-refractivity contribution in [3.8, 4) is 0 Å². The Morgan fingerprint density at radius 2 is 1.75 bits per heavy atom. The molecule has 20 heavy (non-hydrogen) atoms. The highest BCUT2D eigenvalue weighted by atomic mass is 16.6. The average molecular weight is 272 g/mol. The molecule has 1 atom stereocenters. The number of hydrogen-bond donors (Lipinski definition) is 2. The zero-order chi connectivity index (χ0) is 14.4. The van der Waals surface area contributed by atoms with Gasteiger partial charge in [0, 0.05) is 18.5 Å². The maximum Gasteiger partial charge on any atom is 0.292 e. The molecule has 1 unspecified atom stereocenters. The lowest BCUT2D eigenvalue weighted by atomic mass is 10.00. The third-order valence-corrected chi connectivity index (χ3v) is 3.13. The Morgan fingerprint density at radius 1 is 1.10 bits per heavy atom. The van der Waals surface area contributed by atoms with Gasteiger partial charge >= 0.3 is 0 Å². The zero-order valence-corrected chi connectivity index (χ0v) is 10.9. The molecule has 5 nitrogen and oxygen atoms in total. The van der Waals surface area contributed by atoms with Crippen molar-refractivity contribution in [3.63, 3.8) is 0 Å². The molecule has 2 N–H and O–H groups in total. The number of hydrogen-bond acceptors (Lipinski definition) is 4. The summed E-state index contributed by atoms with van der Waals surface area (Å²) in [7, 11) is 0. The van der Waals surface area contributed by atoms with Crippen molar-refractivity contribution in [1.29, 1.82) is 0 Å². The summed E-state index contributed by atoms with van der Waals surface area (Å²) < 4.78 is 0. The number of nitro groups is 1. The van der Waals surface area contributed by atoms with Crippen molar-refractivity contribution in [2.24, 2.45) is 0 Å². The third-order valence-electron chi connectivity index (χ3n) is 3.13. The fourth-order valence-corrected chi connectivity index (χ4v) is 2.03. The first-order chi connectivity index (χ1) is 9.72. The van der Waals surface area contributed by atoms with Crippen molar-refractivity contribution < 1.29 is 10.0 Å². The second-order valence-corrected chi connectivity index (χ2v) is 4.45. The highest BCUT2D eigenvalue weighted by Gasteiger charge is 2.15. The van der Waals surface area contributed by atoms with E-state index in [2.05, 4.69) is 5.32 Å². The maximum atomic E-state index is 10.9. The molecule has 0 aromatic heterocycles. The van der Waals surface area contributed by atoms with E-state index in [0.29, 0.717) is 12.2 Å². The largest absolute Gasteiger partial charge is 0.396 e. The Labute approximate surface area is 117 Å². The molecule has 2 rings (SSSR count). The number of aliphatic hydroxyl groups is 1. The van der Waals surface area contributed by atoms with Crippen LogP contribution in [0.25, 0.3) is 0 Å². The number of nitrogens with one attached hydrogen (secondary N) is 1. The van der Waals surface area contributed by atoms with E-state index < -0.39 is 4.92 Å². The Kier molecular flexibility index (Phi) is 4.68. The van der Waals surface area contributed by atoms with Crippen LogP contribution < -0.4 is 5.32 Å². The maximum absolute atomic E-state index is 10.9. The third kappa shape index (κ3) is 3.33. The van der Waals surface area contributed by atoms with Crippen molar-refractivity contribution in [1.82, 2.24) is 0 Å². The number of nitro benzene ring substituents is 1. The molecule has 104 valence electrons. The normalized spacial score (nSPS) is 11.8. The van der Waals surface area contributed by atoms with Crippen molar-refractivity contribution in [2.45, 2.75) is 5.92 Å². The van der Waals surface area contributed by atoms with Gasteiger partial charge in [-0.2, -0.15) is 0 Å². The first kappa shape index (κ1) is 14.0. The van der Waals surface area contributed by atoms with E-state index in [0.717, 1.165) is 5.56 Å². The second kappa shape index (κ2) is 6.68. The van der Waals surface area contributed by atoms with Gasteiger partial charge in [-0.15, -0.1) is 0 Å². The molecule has 2 aromatic carbocycles. The molecule has 2 aromatic rings. The molecule has 0 saturated carbocycles. The molecule has 0 aliphatic carbocycles. The summed E-state index contributed by atoms with van der Waals surface area (Å²) in [5.74, 6) is -0.101. The van der Waals surface area contributed by atoms with Gasteiger partial charge in [-0.3, -0.25) is 10.1 Å². The number of benzene rings is 2. The monoisotopic (exact) mass is 272 g/mol. The smallest absolute Gasteiger partial charge is 0.292 e. The molecule has 0 amide bonds. The highest BCUT2D eigenvalue weighted by molar-refractivity contribution is 5.61. The van der Waals surface area contributed by atoms with Gasteiger partial charge in [0.05, 0.1) is 11.5 Å². The summed E-state index contributed by atoms with van der Waals surface area (Å²) in [4.78, 5) is 10.5. The lowest BCUT2D eigenvalue weighted by Gasteiger charge is -2.16. The standard InChI is InChI=1S/C15H16N2O3/c18-11-13(12-6-2-1-3-7-12)10-16-14-8-4-5-9-15(14)17(19)20/h1-9,13,16,18H,10-11H2. The highest BCUT2D eigenvalue weighted by Crippen LogP contribution is 2.24. The first-order valence-corrected chi connectivity index (χ1v) is 6.35. The van der Waals surface area contributed by atoms with Crippen LogP contribution in [0.1, 0.15) is 11.5 Å². The Morgan fingerprint density at radius 3 is 2.40 bits per heavy atom. The lowest BCUT2D eigenvalue weighted by molar-refractivity contribution is -0.384. The first-order valence-electron chi connectivity index (χ1n) is 6.35. The van der Waals surface area contributed by atoms with Gasteiger partial charge in [0.15, 0.2) is 0 Å². The molecule has 0 radical (unpaired) electrons. The minimum Gasteiger partial charge on any atom is -0.396 e. The molecule has 0 saturated heterocycles. The van der Waals surface area contributed by atoms with Crippen LogP contribution in [0.15, 0.2) is 54.6 Å². The van der Waals surface area contributed by atoms with Crippen LogP contribution in [0.5, 0.6) is 0 Å². The van der Waals surface area contributed by atoms with Crippen molar-refractivity contribution in [3.05, 3.63) is 70.3 Å². The summed E-state index contributed by atoms with van der Waals surface area (Å²) in [5, 5.41) is 23.4. The minimum absolute atomic E-state index is 0.0162. The van der Waals surface area contributed by atoms with Gasteiger partial charge in [0.1, 0.15) is 5.69 Å². The van der Waals surface area contributed by atoms with E-state index in [-0.39, 0.29) is 18.2 Å². The Balaban J connectivity index is 2.10. The van der Waals surface area contributed by atoms with E-state index in [1.807, 2.05) is 30.3 Å². The van der Waals surface area contributed by atoms with Crippen LogP contribution in [-0.4, -0.2) is 23.2 Å². The lowest BCUT2D eigenvalue weighted by Crippen LogP contribution is -2.16. The van der Waals surface area contributed by atoms with Gasteiger partial charge in [-0.25, -0.2) is 0 Å². The van der Waals surface area contributed by atoms with E-state index in [1.165, 1.54) is 6.07 Å². The van der Waals surface area contributed by atoms with Crippen molar-refractivity contribution >= 4 is 11.4 Å². The Hall–Kier alpha value is -2.40. The fourth-order valence-electron chi connectivity index (χ4n) is 2.03. The predicted molar refractivity (Wildman–Crippen MR) is 77.9 cm³/mol. The molecule has 0 spiro atoms. The van der Waals surface area contributed by atoms with Gasteiger partial charge < -0.3 is 10.4 Å². The molecular formula is C15H16N2O3. The summed E-state index contributed by atoms with van der Waals surface area (Å²) >= 11 is 0. The summed E-state index contributed by atoms with van der Waals surface area (Å²) in [5.41, 5.74) is 1.50. The molecule has 5 heteroatoms. The van der Waals surface area contributed by atoms with E-state index in [4.69, 9.17) is 0 Å².